The van der Waals surface area contributed by atoms with E-state index in [2.05, 4.69) is 14.8 Å². The quantitative estimate of drug-likeness (QED) is 0.673. The van der Waals surface area contributed by atoms with E-state index in [1.165, 1.54) is 19.1 Å². The molecular weight excluding hydrogens is 188 g/mol. The molecule has 0 bridgehead atoms. The largest absolute Gasteiger partial charge is 0.453 e. The van der Waals surface area contributed by atoms with E-state index in [4.69, 9.17) is 0 Å². The number of alkyl carbamates (subject to hydrolysis) is 1. The number of likely N-dealkylation sites (tertiary alicyclic amines) is 1. The van der Waals surface area contributed by atoms with Gasteiger partial charge in [0.15, 0.2) is 0 Å². The maximum atomic E-state index is 11.2. The smallest absolute Gasteiger partial charge is 0.411 e. The summed E-state index contributed by atoms with van der Waals surface area (Å²) < 4.78 is 9.02. The molecule has 0 spiro atoms. The summed E-state index contributed by atoms with van der Waals surface area (Å²) >= 11 is 0. The van der Waals surface area contributed by atoms with Gasteiger partial charge in [-0.2, -0.15) is 0 Å². The first-order chi connectivity index (χ1) is 6.69. The molecule has 0 aromatic rings. The Morgan fingerprint density at radius 1 is 1.36 bits per heavy atom. The third-order valence-corrected chi connectivity index (χ3v) is 2.13. The molecule has 6 nitrogen and oxygen atoms in total. The van der Waals surface area contributed by atoms with Crippen LogP contribution >= 0.6 is 0 Å². The summed E-state index contributed by atoms with van der Waals surface area (Å²) in [5.41, 5.74) is 0. The number of ether oxygens (including phenoxy) is 2. The van der Waals surface area contributed by atoms with Crippen molar-refractivity contribution in [2.45, 2.75) is 19.0 Å². The van der Waals surface area contributed by atoms with Crippen molar-refractivity contribution in [2.75, 3.05) is 20.8 Å². The molecule has 1 rings (SSSR count). The normalized spacial score (nSPS) is 20.4. The highest BCUT2D eigenvalue weighted by molar-refractivity contribution is 5.71. The van der Waals surface area contributed by atoms with Crippen molar-refractivity contribution in [1.82, 2.24) is 10.2 Å². The highest BCUT2D eigenvalue weighted by Gasteiger charge is 2.30. The molecule has 1 aliphatic heterocycles. The molecule has 1 unspecified atom stereocenters. The zero-order chi connectivity index (χ0) is 10.6. The topological polar surface area (TPSA) is 67.9 Å². The van der Waals surface area contributed by atoms with E-state index in [1.807, 2.05) is 0 Å². The van der Waals surface area contributed by atoms with Gasteiger partial charge in [-0.3, -0.25) is 4.90 Å². The fourth-order valence-electron chi connectivity index (χ4n) is 1.45. The van der Waals surface area contributed by atoms with Crippen LogP contribution in [0, 0.1) is 0 Å². The molecule has 14 heavy (non-hydrogen) atoms. The van der Waals surface area contributed by atoms with E-state index < -0.39 is 12.2 Å². The molecular formula is C8H14N2O4. The van der Waals surface area contributed by atoms with Crippen molar-refractivity contribution in [2.24, 2.45) is 0 Å². The van der Waals surface area contributed by atoms with Crippen LogP contribution in [0.1, 0.15) is 12.8 Å². The molecule has 0 saturated carbocycles. The molecule has 1 N–H and O–H groups in total. The molecule has 0 aliphatic carbocycles. The zero-order valence-corrected chi connectivity index (χ0v) is 8.28. The maximum Gasteiger partial charge on any atom is 0.411 e. The Morgan fingerprint density at radius 3 is 2.64 bits per heavy atom. The highest BCUT2D eigenvalue weighted by atomic mass is 16.5. The van der Waals surface area contributed by atoms with Crippen molar-refractivity contribution in [3.05, 3.63) is 0 Å². The van der Waals surface area contributed by atoms with E-state index in [0.717, 1.165) is 12.8 Å². The molecule has 1 fully saturated rings. The first kappa shape index (κ1) is 10.6. The summed E-state index contributed by atoms with van der Waals surface area (Å²) in [5.74, 6) is 0. The van der Waals surface area contributed by atoms with Crippen molar-refractivity contribution in [3.63, 3.8) is 0 Å². The van der Waals surface area contributed by atoms with Crippen LogP contribution in [-0.4, -0.2) is 44.0 Å². The summed E-state index contributed by atoms with van der Waals surface area (Å²) in [6, 6.07) is 0. The molecule has 1 atom stereocenters. The van der Waals surface area contributed by atoms with Gasteiger partial charge in [0.05, 0.1) is 14.2 Å². The lowest BCUT2D eigenvalue weighted by Gasteiger charge is -2.23. The van der Waals surface area contributed by atoms with Crippen LogP contribution in [0.2, 0.25) is 0 Å². The van der Waals surface area contributed by atoms with Crippen LogP contribution in [-0.2, 0) is 9.47 Å². The number of methoxy groups -OCH3 is 2. The highest BCUT2D eigenvalue weighted by Crippen LogP contribution is 2.15. The van der Waals surface area contributed by atoms with Gasteiger partial charge in [-0.1, -0.05) is 0 Å². The average molecular weight is 202 g/mol. The average Bonchev–Trinajstić information content (AvgIpc) is 2.64. The van der Waals surface area contributed by atoms with Crippen LogP contribution in [0.4, 0.5) is 9.59 Å². The number of carbonyl (C=O) groups excluding carboxylic acids is 2. The molecule has 0 aromatic heterocycles. The Hall–Kier alpha value is -1.46. The third kappa shape index (κ3) is 2.27. The fourth-order valence-corrected chi connectivity index (χ4v) is 1.45. The number of amides is 2. The van der Waals surface area contributed by atoms with Crippen LogP contribution < -0.4 is 5.32 Å². The molecule has 1 heterocycles. The minimum absolute atomic E-state index is 0.310. The summed E-state index contributed by atoms with van der Waals surface area (Å²) in [7, 11) is 2.60. The van der Waals surface area contributed by atoms with Gasteiger partial charge >= 0.3 is 12.2 Å². The predicted molar refractivity (Wildman–Crippen MR) is 47.7 cm³/mol. The number of rotatable bonds is 1. The molecule has 0 radical (unpaired) electrons. The van der Waals surface area contributed by atoms with Crippen LogP contribution in [0.15, 0.2) is 0 Å². The van der Waals surface area contributed by atoms with Gasteiger partial charge in [0.1, 0.15) is 6.17 Å². The van der Waals surface area contributed by atoms with Gasteiger partial charge in [0.2, 0.25) is 0 Å². The minimum atomic E-state index is -0.536. The second-order valence-corrected chi connectivity index (χ2v) is 2.96. The lowest BCUT2D eigenvalue weighted by Crippen LogP contribution is -2.46. The van der Waals surface area contributed by atoms with Crippen molar-refractivity contribution >= 4 is 12.2 Å². The Morgan fingerprint density at radius 2 is 2.07 bits per heavy atom. The molecule has 0 aromatic carbocycles. The van der Waals surface area contributed by atoms with E-state index in [0.29, 0.717) is 6.54 Å². The second kappa shape index (κ2) is 4.69. The van der Waals surface area contributed by atoms with E-state index >= 15 is 0 Å². The van der Waals surface area contributed by atoms with E-state index in [-0.39, 0.29) is 6.17 Å². The van der Waals surface area contributed by atoms with Crippen molar-refractivity contribution in [1.29, 1.82) is 0 Å². The zero-order valence-electron chi connectivity index (χ0n) is 8.28. The third-order valence-electron chi connectivity index (χ3n) is 2.13. The number of carbonyl (C=O) groups is 2. The molecule has 2 amide bonds. The molecule has 80 valence electrons. The summed E-state index contributed by atoms with van der Waals surface area (Å²) in [4.78, 5) is 23.6. The van der Waals surface area contributed by atoms with Crippen molar-refractivity contribution in [3.8, 4) is 0 Å². The summed E-state index contributed by atoms with van der Waals surface area (Å²) in [5, 5.41) is 2.56. The van der Waals surface area contributed by atoms with Crippen LogP contribution in [0.5, 0.6) is 0 Å². The van der Waals surface area contributed by atoms with Gasteiger partial charge < -0.3 is 14.8 Å². The first-order valence-electron chi connectivity index (χ1n) is 4.38. The van der Waals surface area contributed by atoms with Crippen LogP contribution in [0.25, 0.3) is 0 Å². The number of hydrogen-bond donors (Lipinski definition) is 1. The molecule has 1 aliphatic rings. The second-order valence-electron chi connectivity index (χ2n) is 2.96. The standard InChI is InChI=1S/C8H14N2O4/c1-13-7(11)9-6-4-3-5-10(6)8(12)14-2/h6H,3-5H2,1-2H3,(H,9,11). The Kier molecular flexibility index (Phi) is 3.55. The Bertz CT molecular complexity index is 231. The molecule has 1 saturated heterocycles. The maximum absolute atomic E-state index is 11.2. The SMILES string of the molecule is COC(=O)NC1CCCN1C(=O)OC. The number of nitrogens with zero attached hydrogens (tertiary/aromatic N) is 1. The predicted octanol–water partition coefficient (Wildman–Crippen LogP) is 0.531. The van der Waals surface area contributed by atoms with Gasteiger partial charge in [-0.05, 0) is 12.8 Å². The van der Waals surface area contributed by atoms with Gasteiger partial charge in [-0.15, -0.1) is 0 Å². The van der Waals surface area contributed by atoms with Gasteiger partial charge in [-0.25, -0.2) is 9.59 Å². The summed E-state index contributed by atoms with van der Waals surface area (Å²) in [6.07, 6.45) is 0.304. The lowest BCUT2D eigenvalue weighted by molar-refractivity contribution is 0.107. The first-order valence-corrected chi connectivity index (χ1v) is 4.38. The van der Waals surface area contributed by atoms with Gasteiger partial charge in [0, 0.05) is 6.54 Å². The Labute approximate surface area is 82.1 Å². The fraction of sp³-hybridized carbons (Fsp3) is 0.750. The lowest BCUT2D eigenvalue weighted by atomic mass is 10.3. The number of hydrogen-bond acceptors (Lipinski definition) is 4. The minimum Gasteiger partial charge on any atom is -0.453 e. The van der Waals surface area contributed by atoms with E-state index in [9.17, 15) is 9.59 Å². The summed E-state index contributed by atoms with van der Waals surface area (Å²) in [6.45, 7) is 0.599. The number of nitrogens with one attached hydrogen (secondary N) is 1. The van der Waals surface area contributed by atoms with E-state index in [1.54, 1.807) is 0 Å². The Balaban J connectivity index is 2.51. The van der Waals surface area contributed by atoms with Crippen molar-refractivity contribution < 1.29 is 19.1 Å². The van der Waals surface area contributed by atoms with Gasteiger partial charge in [0.25, 0.3) is 0 Å². The molecule has 6 heteroatoms. The van der Waals surface area contributed by atoms with Crippen LogP contribution in [0.3, 0.4) is 0 Å². The monoisotopic (exact) mass is 202 g/mol.